The number of aryl methyl sites for hydroxylation is 1. The minimum atomic E-state index is -0.205. The molecule has 4 rings (SSSR count). The SMILES string of the molecule is Cc1cc(NC(=O)c2cc(Cn3cc(Cl)cn3)cs2)nn1Cc1ccc(Cl)c(Cl)c1. The van der Waals surface area contributed by atoms with Gasteiger partial charge in [0, 0.05) is 18.0 Å². The number of benzene rings is 1. The fourth-order valence-corrected chi connectivity index (χ4v) is 4.18. The third-order valence-corrected chi connectivity index (χ3v) is 6.27. The first-order valence-electron chi connectivity index (χ1n) is 8.92. The molecule has 6 nitrogen and oxygen atoms in total. The van der Waals surface area contributed by atoms with Crippen molar-refractivity contribution in [2.75, 3.05) is 5.32 Å². The summed E-state index contributed by atoms with van der Waals surface area (Å²) in [6, 6.07) is 9.13. The summed E-state index contributed by atoms with van der Waals surface area (Å²) in [6.07, 6.45) is 3.32. The van der Waals surface area contributed by atoms with Crippen molar-refractivity contribution in [2.24, 2.45) is 0 Å². The highest BCUT2D eigenvalue weighted by atomic mass is 35.5. The molecule has 4 aromatic rings. The molecule has 0 atom stereocenters. The predicted octanol–water partition coefficient (Wildman–Crippen LogP) is 5.76. The Labute approximate surface area is 192 Å². The fourth-order valence-electron chi connectivity index (χ4n) is 2.91. The van der Waals surface area contributed by atoms with Crippen molar-refractivity contribution >= 4 is 57.9 Å². The molecule has 3 heterocycles. The zero-order valence-electron chi connectivity index (χ0n) is 15.8. The second-order valence-corrected chi connectivity index (χ2v) is 8.87. The Morgan fingerprint density at radius 2 is 1.93 bits per heavy atom. The van der Waals surface area contributed by atoms with Crippen LogP contribution in [0.5, 0.6) is 0 Å². The number of hydrogen-bond donors (Lipinski definition) is 1. The summed E-state index contributed by atoms with van der Waals surface area (Å²) >= 11 is 19.3. The number of thiophene rings is 1. The third kappa shape index (κ3) is 4.87. The van der Waals surface area contributed by atoms with E-state index < -0.39 is 0 Å². The highest BCUT2D eigenvalue weighted by molar-refractivity contribution is 7.12. The number of halogens is 3. The zero-order chi connectivity index (χ0) is 21.3. The largest absolute Gasteiger partial charge is 0.304 e. The molecule has 154 valence electrons. The van der Waals surface area contributed by atoms with Gasteiger partial charge in [-0.15, -0.1) is 11.3 Å². The molecular formula is C20H16Cl3N5OS. The molecule has 1 N–H and O–H groups in total. The Morgan fingerprint density at radius 3 is 2.67 bits per heavy atom. The number of hydrogen-bond acceptors (Lipinski definition) is 4. The summed E-state index contributed by atoms with van der Waals surface area (Å²) in [5, 5.41) is 15.0. The maximum Gasteiger partial charge on any atom is 0.266 e. The van der Waals surface area contributed by atoms with Gasteiger partial charge in [-0.25, -0.2) is 0 Å². The highest BCUT2D eigenvalue weighted by Crippen LogP contribution is 2.24. The van der Waals surface area contributed by atoms with Crippen molar-refractivity contribution in [2.45, 2.75) is 20.0 Å². The normalized spacial score (nSPS) is 11.1. The fraction of sp³-hybridized carbons (Fsp3) is 0.150. The smallest absolute Gasteiger partial charge is 0.266 e. The van der Waals surface area contributed by atoms with E-state index in [0.29, 0.717) is 38.9 Å². The Kier molecular flexibility index (Phi) is 6.15. The van der Waals surface area contributed by atoms with Crippen LogP contribution in [0.3, 0.4) is 0 Å². The van der Waals surface area contributed by atoms with Gasteiger partial charge in [0.25, 0.3) is 5.91 Å². The van der Waals surface area contributed by atoms with Crippen LogP contribution >= 0.6 is 46.1 Å². The molecule has 0 aliphatic carbocycles. The van der Waals surface area contributed by atoms with Crippen LogP contribution in [-0.2, 0) is 13.1 Å². The van der Waals surface area contributed by atoms with Crippen molar-refractivity contribution in [1.82, 2.24) is 19.6 Å². The minimum absolute atomic E-state index is 0.205. The first kappa shape index (κ1) is 20.9. The number of nitrogens with one attached hydrogen (secondary N) is 1. The summed E-state index contributed by atoms with van der Waals surface area (Å²) in [7, 11) is 0. The van der Waals surface area contributed by atoms with E-state index in [9.17, 15) is 4.79 Å². The average molecular weight is 481 g/mol. The number of amides is 1. The molecule has 3 aromatic heterocycles. The van der Waals surface area contributed by atoms with Crippen LogP contribution in [0.15, 0.2) is 48.1 Å². The van der Waals surface area contributed by atoms with Crippen molar-refractivity contribution in [3.8, 4) is 0 Å². The Bertz CT molecular complexity index is 1210. The molecule has 0 saturated heterocycles. The summed E-state index contributed by atoms with van der Waals surface area (Å²) in [5.74, 6) is 0.287. The predicted molar refractivity (Wildman–Crippen MR) is 121 cm³/mol. The number of anilines is 1. The lowest BCUT2D eigenvalue weighted by Crippen LogP contribution is -2.11. The summed E-state index contributed by atoms with van der Waals surface area (Å²) in [4.78, 5) is 13.2. The summed E-state index contributed by atoms with van der Waals surface area (Å²) in [6.45, 7) is 3.00. The molecule has 0 spiro atoms. The van der Waals surface area contributed by atoms with Crippen LogP contribution in [0.1, 0.15) is 26.5 Å². The molecular weight excluding hydrogens is 465 g/mol. The maximum absolute atomic E-state index is 12.6. The van der Waals surface area contributed by atoms with E-state index in [1.165, 1.54) is 11.3 Å². The van der Waals surface area contributed by atoms with Crippen molar-refractivity contribution in [3.05, 3.63) is 84.9 Å². The highest BCUT2D eigenvalue weighted by Gasteiger charge is 2.13. The molecule has 0 aliphatic heterocycles. The molecule has 0 fully saturated rings. The Balaban J connectivity index is 1.42. The van der Waals surface area contributed by atoms with Crippen LogP contribution in [0.25, 0.3) is 0 Å². The van der Waals surface area contributed by atoms with Crippen LogP contribution in [0.2, 0.25) is 15.1 Å². The second-order valence-electron chi connectivity index (χ2n) is 6.71. The van der Waals surface area contributed by atoms with Gasteiger partial charge in [-0.3, -0.25) is 14.2 Å². The molecule has 30 heavy (non-hydrogen) atoms. The van der Waals surface area contributed by atoms with Crippen LogP contribution < -0.4 is 5.32 Å². The Morgan fingerprint density at radius 1 is 1.10 bits per heavy atom. The zero-order valence-corrected chi connectivity index (χ0v) is 18.9. The van der Waals surface area contributed by atoms with E-state index in [2.05, 4.69) is 15.5 Å². The van der Waals surface area contributed by atoms with Crippen molar-refractivity contribution in [3.63, 3.8) is 0 Å². The first-order chi connectivity index (χ1) is 14.4. The quantitative estimate of drug-likeness (QED) is 0.382. The number of nitrogens with zero attached hydrogens (tertiary/aromatic N) is 4. The standard InChI is InChI=1S/C20H16Cl3N5OS/c1-12-4-19(26-28(12)9-13-2-3-16(22)17(23)5-13)25-20(29)18-6-14(11-30-18)8-27-10-15(21)7-24-27/h2-7,10-11H,8-9H2,1H3,(H,25,26,29). The summed E-state index contributed by atoms with van der Waals surface area (Å²) < 4.78 is 3.52. The lowest BCUT2D eigenvalue weighted by atomic mass is 10.2. The molecule has 10 heteroatoms. The number of carbonyl (C=O) groups excluding carboxylic acids is 1. The maximum atomic E-state index is 12.6. The van der Waals surface area contributed by atoms with Gasteiger partial charge < -0.3 is 5.32 Å². The number of rotatable bonds is 6. The number of carbonyl (C=O) groups is 1. The van der Waals surface area contributed by atoms with Crippen molar-refractivity contribution < 1.29 is 4.79 Å². The lowest BCUT2D eigenvalue weighted by molar-refractivity contribution is 0.103. The van der Waals surface area contributed by atoms with E-state index >= 15 is 0 Å². The van der Waals surface area contributed by atoms with Gasteiger partial charge in [-0.2, -0.15) is 10.2 Å². The second kappa shape index (κ2) is 8.81. The van der Waals surface area contributed by atoms with Gasteiger partial charge in [0.15, 0.2) is 5.82 Å². The topological polar surface area (TPSA) is 64.7 Å². The average Bonchev–Trinajstić information content (AvgIpc) is 3.40. The Hall–Kier alpha value is -2.32. The molecule has 1 aromatic carbocycles. The van der Waals surface area contributed by atoms with Gasteiger partial charge in [0.2, 0.25) is 0 Å². The molecule has 0 unspecified atom stereocenters. The van der Waals surface area contributed by atoms with Crippen LogP contribution in [-0.4, -0.2) is 25.5 Å². The van der Waals surface area contributed by atoms with E-state index in [1.54, 1.807) is 27.8 Å². The molecule has 0 aliphatic rings. The number of aromatic nitrogens is 4. The first-order valence-corrected chi connectivity index (χ1v) is 10.9. The van der Waals surface area contributed by atoms with E-state index in [4.69, 9.17) is 34.8 Å². The third-order valence-electron chi connectivity index (χ3n) is 4.36. The van der Waals surface area contributed by atoms with Crippen LogP contribution in [0.4, 0.5) is 5.82 Å². The minimum Gasteiger partial charge on any atom is -0.304 e. The summed E-state index contributed by atoms with van der Waals surface area (Å²) in [5.41, 5.74) is 2.86. The van der Waals surface area contributed by atoms with Gasteiger partial charge >= 0.3 is 0 Å². The van der Waals surface area contributed by atoms with Gasteiger partial charge in [0.05, 0.1) is 39.2 Å². The molecule has 0 radical (unpaired) electrons. The van der Waals surface area contributed by atoms with Crippen LogP contribution in [0, 0.1) is 6.92 Å². The van der Waals surface area contributed by atoms with Gasteiger partial charge in [-0.1, -0.05) is 40.9 Å². The van der Waals surface area contributed by atoms with E-state index in [1.807, 2.05) is 36.6 Å². The van der Waals surface area contributed by atoms with Crippen molar-refractivity contribution in [1.29, 1.82) is 0 Å². The molecule has 0 bridgehead atoms. The van der Waals surface area contributed by atoms with Gasteiger partial charge in [-0.05, 0) is 41.6 Å². The van der Waals surface area contributed by atoms with E-state index in [0.717, 1.165) is 16.8 Å². The molecule has 1 amide bonds. The van der Waals surface area contributed by atoms with Gasteiger partial charge in [0.1, 0.15) is 0 Å². The molecule has 0 saturated carbocycles. The van der Waals surface area contributed by atoms with E-state index in [-0.39, 0.29) is 5.91 Å². The lowest BCUT2D eigenvalue weighted by Gasteiger charge is -2.06. The monoisotopic (exact) mass is 479 g/mol.